The third-order valence-corrected chi connectivity index (χ3v) is 2.93. The van der Waals surface area contributed by atoms with Crippen LogP contribution in [-0.2, 0) is 20.7 Å². The van der Waals surface area contributed by atoms with Crippen molar-refractivity contribution >= 4 is 22.8 Å². The van der Waals surface area contributed by atoms with Crippen molar-refractivity contribution < 1.29 is 18.7 Å². The first-order valence-corrected chi connectivity index (χ1v) is 6.99. The monoisotopic (exact) mass is 306 g/mol. The fraction of sp³-hybridized carbons (Fsp3) is 0.375. The van der Waals surface area contributed by atoms with Gasteiger partial charge in [-0.3, -0.25) is 9.59 Å². The summed E-state index contributed by atoms with van der Waals surface area (Å²) in [6.45, 7) is 5.11. The second-order valence-corrected chi connectivity index (χ2v) is 6.04. The number of carbonyl (C=O) groups is 2. The SMILES string of the molecule is CC(C)(C)OC(=O)CNC(=O)Cc1c[nH]c2cc(F)ccc12. The normalized spacial score (nSPS) is 11.5. The van der Waals surface area contributed by atoms with Gasteiger partial charge in [0.2, 0.25) is 5.91 Å². The highest BCUT2D eigenvalue weighted by molar-refractivity contribution is 5.90. The molecule has 0 aliphatic rings. The highest BCUT2D eigenvalue weighted by atomic mass is 19.1. The molecule has 118 valence electrons. The summed E-state index contributed by atoms with van der Waals surface area (Å²) in [6, 6.07) is 4.34. The molecule has 1 aromatic heterocycles. The zero-order valence-electron chi connectivity index (χ0n) is 12.8. The predicted molar refractivity (Wildman–Crippen MR) is 80.8 cm³/mol. The van der Waals surface area contributed by atoms with Gasteiger partial charge in [0, 0.05) is 17.1 Å². The fourth-order valence-corrected chi connectivity index (χ4v) is 2.09. The second kappa shape index (κ2) is 6.17. The molecule has 0 aliphatic carbocycles. The Balaban J connectivity index is 1.93. The zero-order chi connectivity index (χ0) is 16.3. The van der Waals surface area contributed by atoms with Crippen molar-refractivity contribution in [3.05, 3.63) is 35.8 Å². The molecule has 0 saturated carbocycles. The van der Waals surface area contributed by atoms with Gasteiger partial charge >= 0.3 is 5.97 Å². The Morgan fingerprint density at radius 1 is 1.32 bits per heavy atom. The second-order valence-electron chi connectivity index (χ2n) is 6.04. The molecule has 1 amide bonds. The molecule has 0 aliphatic heterocycles. The molecule has 0 radical (unpaired) electrons. The Kier molecular flexibility index (Phi) is 4.49. The van der Waals surface area contributed by atoms with Crippen LogP contribution in [0.3, 0.4) is 0 Å². The van der Waals surface area contributed by atoms with E-state index in [0.29, 0.717) is 5.52 Å². The lowest BCUT2D eigenvalue weighted by Gasteiger charge is -2.19. The van der Waals surface area contributed by atoms with E-state index in [1.807, 2.05) is 0 Å². The smallest absolute Gasteiger partial charge is 0.325 e. The Hall–Kier alpha value is -2.37. The van der Waals surface area contributed by atoms with Crippen LogP contribution in [0.25, 0.3) is 10.9 Å². The van der Waals surface area contributed by atoms with Crippen LogP contribution in [0.1, 0.15) is 26.3 Å². The summed E-state index contributed by atoms with van der Waals surface area (Å²) in [4.78, 5) is 26.3. The number of ether oxygens (including phenoxy) is 1. The summed E-state index contributed by atoms with van der Waals surface area (Å²) in [5, 5.41) is 3.30. The summed E-state index contributed by atoms with van der Waals surface area (Å²) in [7, 11) is 0. The van der Waals surface area contributed by atoms with Crippen LogP contribution in [0.2, 0.25) is 0 Å². The molecule has 0 atom stereocenters. The number of benzene rings is 1. The van der Waals surface area contributed by atoms with E-state index in [-0.39, 0.29) is 24.7 Å². The number of halogens is 1. The first-order valence-electron chi connectivity index (χ1n) is 6.99. The summed E-state index contributed by atoms with van der Waals surface area (Å²) in [5.41, 5.74) is 0.801. The maximum absolute atomic E-state index is 13.1. The van der Waals surface area contributed by atoms with Gasteiger partial charge in [0.25, 0.3) is 0 Å². The molecule has 0 bridgehead atoms. The predicted octanol–water partition coefficient (Wildman–Crippen LogP) is 2.31. The van der Waals surface area contributed by atoms with Gasteiger partial charge in [-0.25, -0.2) is 4.39 Å². The average molecular weight is 306 g/mol. The highest BCUT2D eigenvalue weighted by Gasteiger charge is 2.17. The number of aromatic amines is 1. The standard InChI is InChI=1S/C16H19FN2O3/c1-16(2,3)22-15(21)9-19-14(20)6-10-8-18-13-7-11(17)4-5-12(10)13/h4-5,7-8,18H,6,9H2,1-3H3,(H,19,20). The Labute approximate surface area is 127 Å². The van der Waals surface area contributed by atoms with E-state index in [0.717, 1.165) is 10.9 Å². The van der Waals surface area contributed by atoms with Crippen molar-refractivity contribution in [2.24, 2.45) is 0 Å². The van der Waals surface area contributed by atoms with E-state index in [9.17, 15) is 14.0 Å². The van der Waals surface area contributed by atoms with Crippen LogP contribution in [0, 0.1) is 5.82 Å². The van der Waals surface area contributed by atoms with Crippen LogP contribution in [-0.4, -0.2) is 29.0 Å². The van der Waals surface area contributed by atoms with Gasteiger partial charge in [0.15, 0.2) is 0 Å². The fourth-order valence-electron chi connectivity index (χ4n) is 2.09. The van der Waals surface area contributed by atoms with Crippen molar-refractivity contribution in [1.82, 2.24) is 10.3 Å². The number of esters is 1. The van der Waals surface area contributed by atoms with E-state index < -0.39 is 11.6 Å². The van der Waals surface area contributed by atoms with Crippen molar-refractivity contribution in [2.45, 2.75) is 32.8 Å². The summed E-state index contributed by atoms with van der Waals surface area (Å²) < 4.78 is 18.2. The molecule has 6 heteroatoms. The van der Waals surface area contributed by atoms with Gasteiger partial charge in [-0.05, 0) is 44.5 Å². The quantitative estimate of drug-likeness (QED) is 0.852. The van der Waals surface area contributed by atoms with Gasteiger partial charge in [-0.2, -0.15) is 0 Å². The number of H-pyrrole nitrogens is 1. The third-order valence-electron chi connectivity index (χ3n) is 2.93. The van der Waals surface area contributed by atoms with Gasteiger partial charge in [-0.15, -0.1) is 0 Å². The number of amides is 1. The van der Waals surface area contributed by atoms with Crippen molar-refractivity contribution in [1.29, 1.82) is 0 Å². The molecule has 2 aromatic rings. The molecule has 1 heterocycles. The van der Waals surface area contributed by atoms with Crippen LogP contribution < -0.4 is 5.32 Å². The molecule has 1 aromatic carbocycles. The third kappa shape index (κ3) is 4.31. The minimum absolute atomic E-state index is 0.106. The topological polar surface area (TPSA) is 71.2 Å². The molecular weight excluding hydrogens is 287 g/mol. The van der Waals surface area contributed by atoms with E-state index >= 15 is 0 Å². The summed E-state index contributed by atoms with van der Waals surface area (Å²) >= 11 is 0. The molecule has 0 saturated heterocycles. The number of carbonyl (C=O) groups excluding carboxylic acids is 2. The number of rotatable bonds is 4. The van der Waals surface area contributed by atoms with E-state index in [1.54, 1.807) is 33.0 Å². The van der Waals surface area contributed by atoms with E-state index in [4.69, 9.17) is 4.74 Å². The Morgan fingerprint density at radius 3 is 2.73 bits per heavy atom. The Bertz CT molecular complexity index is 701. The Morgan fingerprint density at radius 2 is 2.05 bits per heavy atom. The molecule has 0 spiro atoms. The van der Waals surface area contributed by atoms with Crippen molar-refractivity contribution in [3.8, 4) is 0 Å². The maximum atomic E-state index is 13.1. The van der Waals surface area contributed by atoms with Gasteiger partial charge < -0.3 is 15.0 Å². The van der Waals surface area contributed by atoms with Gasteiger partial charge in [0.05, 0.1) is 6.42 Å². The lowest BCUT2D eigenvalue weighted by molar-refractivity contribution is -0.154. The molecule has 22 heavy (non-hydrogen) atoms. The maximum Gasteiger partial charge on any atom is 0.325 e. The van der Waals surface area contributed by atoms with Crippen LogP contribution in [0.15, 0.2) is 24.4 Å². The molecule has 0 fully saturated rings. The number of nitrogens with one attached hydrogen (secondary N) is 2. The average Bonchev–Trinajstić information content (AvgIpc) is 2.77. The minimum atomic E-state index is -0.581. The van der Waals surface area contributed by atoms with Gasteiger partial charge in [0.1, 0.15) is 18.0 Å². The first kappa shape index (κ1) is 16.0. The first-order chi connectivity index (χ1) is 10.2. The number of hydrogen-bond donors (Lipinski definition) is 2. The number of fused-ring (bicyclic) bond motifs is 1. The van der Waals surface area contributed by atoms with E-state index in [1.165, 1.54) is 12.1 Å². The van der Waals surface area contributed by atoms with Crippen LogP contribution in [0.5, 0.6) is 0 Å². The number of hydrogen-bond acceptors (Lipinski definition) is 3. The van der Waals surface area contributed by atoms with Crippen molar-refractivity contribution in [2.75, 3.05) is 6.54 Å². The largest absolute Gasteiger partial charge is 0.459 e. The molecule has 2 N–H and O–H groups in total. The van der Waals surface area contributed by atoms with Crippen LogP contribution >= 0.6 is 0 Å². The molecular formula is C16H19FN2O3. The van der Waals surface area contributed by atoms with E-state index in [2.05, 4.69) is 10.3 Å². The van der Waals surface area contributed by atoms with Crippen molar-refractivity contribution in [3.63, 3.8) is 0 Å². The molecule has 5 nitrogen and oxygen atoms in total. The zero-order valence-corrected chi connectivity index (χ0v) is 12.8. The molecule has 0 unspecified atom stereocenters. The number of aromatic nitrogens is 1. The highest BCUT2D eigenvalue weighted by Crippen LogP contribution is 2.19. The summed E-state index contributed by atoms with van der Waals surface area (Å²) in [5.74, 6) is -1.12. The summed E-state index contributed by atoms with van der Waals surface area (Å²) in [6.07, 6.45) is 1.77. The lowest BCUT2D eigenvalue weighted by atomic mass is 10.1. The minimum Gasteiger partial charge on any atom is -0.459 e. The van der Waals surface area contributed by atoms with Crippen LogP contribution in [0.4, 0.5) is 4.39 Å². The van der Waals surface area contributed by atoms with Gasteiger partial charge in [-0.1, -0.05) is 0 Å². The molecule has 2 rings (SSSR count). The lowest BCUT2D eigenvalue weighted by Crippen LogP contribution is -2.35.